The molecular formula is C16H21F3N2O3. The molecule has 5 nitrogen and oxygen atoms in total. The summed E-state index contributed by atoms with van der Waals surface area (Å²) in [6, 6.07) is 2.69. The van der Waals surface area contributed by atoms with Gasteiger partial charge < -0.3 is 9.64 Å². The molecule has 1 saturated heterocycles. The van der Waals surface area contributed by atoms with E-state index < -0.39 is 22.4 Å². The summed E-state index contributed by atoms with van der Waals surface area (Å²) in [5.41, 5.74) is -1.28. The van der Waals surface area contributed by atoms with E-state index in [4.69, 9.17) is 4.74 Å². The quantitative estimate of drug-likeness (QED) is 0.591. The van der Waals surface area contributed by atoms with Crippen molar-refractivity contribution in [1.29, 1.82) is 0 Å². The molecule has 0 unspecified atom stereocenters. The topological polar surface area (TPSA) is 55.6 Å². The van der Waals surface area contributed by atoms with Crippen LogP contribution in [0.4, 0.5) is 24.5 Å². The maximum absolute atomic E-state index is 12.8. The second kappa shape index (κ2) is 7.38. The molecule has 0 spiro atoms. The van der Waals surface area contributed by atoms with E-state index in [9.17, 15) is 23.3 Å². The van der Waals surface area contributed by atoms with Crippen LogP contribution >= 0.6 is 0 Å². The van der Waals surface area contributed by atoms with Crippen molar-refractivity contribution in [2.75, 3.05) is 24.6 Å². The number of piperidine rings is 1. The van der Waals surface area contributed by atoms with Crippen molar-refractivity contribution in [3.63, 3.8) is 0 Å². The number of nitro benzene ring substituents is 1. The van der Waals surface area contributed by atoms with Gasteiger partial charge in [-0.25, -0.2) is 0 Å². The molecule has 2 rings (SSSR count). The van der Waals surface area contributed by atoms with E-state index in [0.717, 1.165) is 6.07 Å². The van der Waals surface area contributed by atoms with Gasteiger partial charge >= 0.3 is 6.18 Å². The fourth-order valence-corrected chi connectivity index (χ4v) is 2.71. The van der Waals surface area contributed by atoms with Gasteiger partial charge in [0.25, 0.3) is 5.69 Å². The standard InChI is InChI=1S/C16H21F3N2O3/c1-11(2)10-24-13-5-7-20(8-6-13)14-4-3-12(16(17,18)19)9-15(14)21(22)23/h3-4,9,11,13H,5-8,10H2,1-2H3. The first-order chi connectivity index (χ1) is 11.2. The van der Waals surface area contributed by atoms with Crippen LogP contribution in [-0.4, -0.2) is 30.7 Å². The van der Waals surface area contributed by atoms with Crippen LogP contribution in [0.25, 0.3) is 0 Å². The van der Waals surface area contributed by atoms with Gasteiger partial charge in [0.05, 0.1) is 16.6 Å². The van der Waals surface area contributed by atoms with Gasteiger partial charge in [-0.1, -0.05) is 13.8 Å². The fraction of sp³-hybridized carbons (Fsp3) is 0.625. The first kappa shape index (κ1) is 18.5. The Hall–Kier alpha value is -1.83. The first-order valence-electron chi connectivity index (χ1n) is 7.90. The third-order valence-electron chi connectivity index (χ3n) is 3.95. The number of hydrogen-bond acceptors (Lipinski definition) is 4. The lowest BCUT2D eigenvalue weighted by molar-refractivity contribution is -0.384. The van der Waals surface area contributed by atoms with Crippen molar-refractivity contribution >= 4 is 11.4 Å². The molecule has 1 aliphatic rings. The summed E-state index contributed by atoms with van der Waals surface area (Å²) in [6.45, 7) is 5.82. The molecule has 0 aliphatic carbocycles. The molecule has 0 radical (unpaired) electrons. The Bertz CT molecular complexity index is 582. The normalized spacial score (nSPS) is 16.7. The SMILES string of the molecule is CC(C)COC1CCN(c2ccc(C(F)(F)F)cc2[N+](=O)[O-])CC1. The molecule has 1 fully saturated rings. The van der Waals surface area contributed by atoms with Crippen LogP contribution in [0, 0.1) is 16.0 Å². The van der Waals surface area contributed by atoms with E-state index in [0.29, 0.717) is 44.5 Å². The Morgan fingerprint density at radius 2 is 1.96 bits per heavy atom. The highest BCUT2D eigenvalue weighted by Crippen LogP contribution is 2.37. The molecule has 1 aromatic rings. The van der Waals surface area contributed by atoms with E-state index in [-0.39, 0.29) is 11.8 Å². The van der Waals surface area contributed by atoms with Gasteiger partial charge in [-0.05, 0) is 30.9 Å². The molecule has 24 heavy (non-hydrogen) atoms. The van der Waals surface area contributed by atoms with Crippen molar-refractivity contribution < 1.29 is 22.8 Å². The lowest BCUT2D eigenvalue weighted by atomic mass is 10.1. The lowest BCUT2D eigenvalue weighted by Crippen LogP contribution is -2.37. The van der Waals surface area contributed by atoms with E-state index in [1.165, 1.54) is 6.07 Å². The van der Waals surface area contributed by atoms with Gasteiger partial charge in [0, 0.05) is 25.8 Å². The first-order valence-corrected chi connectivity index (χ1v) is 7.90. The van der Waals surface area contributed by atoms with Crippen LogP contribution in [0.2, 0.25) is 0 Å². The zero-order valence-electron chi connectivity index (χ0n) is 13.7. The van der Waals surface area contributed by atoms with Crippen LogP contribution in [0.3, 0.4) is 0 Å². The van der Waals surface area contributed by atoms with Crippen molar-refractivity contribution in [1.82, 2.24) is 0 Å². The molecular weight excluding hydrogens is 325 g/mol. The van der Waals surface area contributed by atoms with Gasteiger partial charge in [-0.15, -0.1) is 0 Å². The highest BCUT2D eigenvalue weighted by Gasteiger charge is 2.34. The molecule has 0 atom stereocenters. The smallest absolute Gasteiger partial charge is 0.378 e. The summed E-state index contributed by atoms with van der Waals surface area (Å²) in [6.07, 6.45) is -3.10. The van der Waals surface area contributed by atoms with Crippen molar-refractivity contribution in [3.05, 3.63) is 33.9 Å². The summed E-state index contributed by atoms with van der Waals surface area (Å²) in [4.78, 5) is 12.2. The summed E-state index contributed by atoms with van der Waals surface area (Å²) >= 11 is 0. The zero-order valence-corrected chi connectivity index (χ0v) is 13.7. The number of alkyl halides is 3. The minimum Gasteiger partial charge on any atom is -0.378 e. The fourth-order valence-electron chi connectivity index (χ4n) is 2.71. The van der Waals surface area contributed by atoms with Crippen LogP contribution in [-0.2, 0) is 10.9 Å². The molecule has 8 heteroatoms. The second-order valence-corrected chi connectivity index (χ2v) is 6.37. The average Bonchev–Trinajstić information content (AvgIpc) is 2.52. The highest BCUT2D eigenvalue weighted by atomic mass is 19.4. The molecule has 1 aromatic carbocycles. The van der Waals surface area contributed by atoms with Crippen LogP contribution in [0.5, 0.6) is 0 Å². The van der Waals surface area contributed by atoms with E-state index in [1.807, 2.05) is 0 Å². The highest BCUT2D eigenvalue weighted by molar-refractivity contribution is 5.64. The van der Waals surface area contributed by atoms with Gasteiger partial charge in [0.15, 0.2) is 0 Å². The van der Waals surface area contributed by atoms with Gasteiger partial charge in [0.1, 0.15) is 5.69 Å². The van der Waals surface area contributed by atoms with Crippen LogP contribution in [0.15, 0.2) is 18.2 Å². The van der Waals surface area contributed by atoms with Gasteiger partial charge in [-0.3, -0.25) is 10.1 Å². The molecule has 0 N–H and O–H groups in total. The molecule has 134 valence electrons. The summed E-state index contributed by atoms with van der Waals surface area (Å²) in [7, 11) is 0. The largest absolute Gasteiger partial charge is 0.416 e. The predicted molar refractivity (Wildman–Crippen MR) is 84.1 cm³/mol. The third-order valence-corrected chi connectivity index (χ3v) is 3.95. The Morgan fingerprint density at radius 3 is 2.46 bits per heavy atom. The summed E-state index contributed by atoms with van der Waals surface area (Å²) in [5.74, 6) is 0.430. The Balaban J connectivity index is 2.11. The van der Waals surface area contributed by atoms with E-state index >= 15 is 0 Å². The molecule has 1 aliphatic heterocycles. The maximum Gasteiger partial charge on any atom is 0.416 e. The molecule has 0 bridgehead atoms. The number of hydrogen-bond donors (Lipinski definition) is 0. The number of benzene rings is 1. The number of nitro groups is 1. The van der Waals surface area contributed by atoms with Crippen LogP contribution < -0.4 is 4.90 Å². The average molecular weight is 346 g/mol. The Labute approximate surface area is 138 Å². The van der Waals surface area contributed by atoms with Gasteiger partial charge in [0.2, 0.25) is 0 Å². The summed E-state index contributed by atoms with van der Waals surface area (Å²) in [5, 5.41) is 11.2. The monoisotopic (exact) mass is 346 g/mol. The molecule has 0 saturated carbocycles. The number of rotatable bonds is 5. The van der Waals surface area contributed by atoms with E-state index in [1.54, 1.807) is 4.90 Å². The lowest BCUT2D eigenvalue weighted by Gasteiger charge is -2.33. The molecule has 1 heterocycles. The van der Waals surface area contributed by atoms with Crippen molar-refractivity contribution in [2.24, 2.45) is 5.92 Å². The van der Waals surface area contributed by atoms with Gasteiger partial charge in [-0.2, -0.15) is 13.2 Å². The Kier molecular flexibility index (Phi) is 5.69. The minimum absolute atomic E-state index is 0.0946. The minimum atomic E-state index is -4.60. The number of nitrogens with zero attached hydrogens (tertiary/aromatic N) is 2. The number of ether oxygens (including phenoxy) is 1. The van der Waals surface area contributed by atoms with E-state index in [2.05, 4.69) is 13.8 Å². The number of anilines is 1. The predicted octanol–water partition coefficient (Wildman–Crippen LogP) is 4.26. The van der Waals surface area contributed by atoms with Crippen LogP contribution in [0.1, 0.15) is 32.3 Å². The Morgan fingerprint density at radius 1 is 1.33 bits per heavy atom. The third kappa shape index (κ3) is 4.59. The molecule has 0 aromatic heterocycles. The number of halogens is 3. The molecule has 0 amide bonds. The summed E-state index contributed by atoms with van der Waals surface area (Å²) < 4.78 is 44.0. The zero-order chi connectivity index (χ0) is 17.9. The second-order valence-electron chi connectivity index (χ2n) is 6.37. The maximum atomic E-state index is 12.8. The van der Waals surface area contributed by atoms with Crippen molar-refractivity contribution in [3.8, 4) is 0 Å². The van der Waals surface area contributed by atoms with Crippen molar-refractivity contribution in [2.45, 2.75) is 39.0 Å².